The van der Waals surface area contributed by atoms with Crippen LogP contribution in [0.5, 0.6) is 11.5 Å². The number of para-hydroxylation sites is 2. The minimum atomic E-state index is 0.0377. The van der Waals surface area contributed by atoms with Crippen LogP contribution >= 0.6 is 0 Å². The number of nitrogens with zero attached hydrogens (tertiary/aromatic N) is 1. The fourth-order valence-electron chi connectivity index (χ4n) is 2.20. The summed E-state index contributed by atoms with van der Waals surface area (Å²) < 4.78 is 6.08. The maximum absolute atomic E-state index is 8.92. The molecule has 2 aromatic carbocycles. The third kappa shape index (κ3) is 3.16. The molecule has 21 heavy (non-hydrogen) atoms. The van der Waals surface area contributed by atoms with Crippen molar-refractivity contribution in [1.29, 1.82) is 0 Å². The Balaban J connectivity index is 2.50. The van der Waals surface area contributed by atoms with Gasteiger partial charge in [0.1, 0.15) is 11.5 Å². The van der Waals surface area contributed by atoms with Gasteiger partial charge in [0, 0.05) is 0 Å². The van der Waals surface area contributed by atoms with Crippen molar-refractivity contribution < 1.29 is 9.94 Å². The topological polar surface area (TPSA) is 67.8 Å². The molecule has 0 heterocycles. The van der Waals surface area contributed by atoms with Gasteiger partial charge in [-0.15, -0.1) is 0 Å². The number of benzene rings is 2. The summed E-state index contributed by atoms with van der Waals surface area (Å²) in [5.41, 5.74) is 8.36. The van der Waals surface area contributed by atoms with Crippen LogP contribution in [0.15, 0.2) is 47.6 Å². The Morgan fingerprint density at radius 1 is 1.14 bits per heavy atom. The lowest BCUT2D eigenvalue weighted by molar-refractivity contribution is 0.318. The van der Waals surface area contributed by atoms with Crippen LogP contribution in [-0.2, 0) is 0 Å². The van der Waals surface area contributed by atoms with Crippen LogP contribution < -0.4 is 10.5 Å². The van der Waals surface area contributed by atoms with Gasteiger partial charge in [-0.2, -0.15) is 0 Å². The maximum atomic E-state index is 8.92. The highest BCUT2D eigenvalue weighted by Crippen LogP contribution is 2.33. The Morgan fingerprint density at radius 2 is 1.86 bits per heavy atom. The predicted octanol–water partition coefficient (Wildman–Crippen LogP) is 4.01. The fourth-order valence-corrected chi connectivity index (χ4v) is 2.20. The van der Waals surface area contributed by atoms with Crippen molar-refractivity contribution in [2.24, 2.45) is 10.9 Å². The van der Waals surface area contributed by atoms with E-state index in [2.05, 4.69) is 19.0 Å². The molecule has 0 fully saturated rings. The summed E-state index contributed by atoms with van der Waals surface area (Å²) in [4.78, 5) is 0. The standard InChI is InChI=1S/C17H20N2O2/c1-11(2)13-8-4-5-10-15(13)21-16-12(3)7-6-9-14(16)17(18)19-20/h4-11,20H,1-3H3,(H2,18,19). The van der Waals surface area contributed by atoms with Crippen LogP contribution in [0.4, 0.5) is 0 Å². The SMILES string of the molecule is Cc1cccc(/C(N)=N/O)c1Oc1ccccc1C(C)C. The molecule has 0 saturated heterocycles. The van der Waals surface area contributed by atoms with E-state index in [1.807, 2.05) is 43.3 Å². The van der Waals surface area contributed by atoms with Crippen molar-refractivity contribution in [2.45, 2.75) is 26.7 Å². The molecule has 0 amide bonds. The van der Waals surface area contributed by atoms with Crippen LogP contribution in [0.1, 0.15) is 36.5 Å². The highest BCUT2D eigenvalue weighted by Gasteiger charge is 2.14. The summed E-state index contributed by atoms with van der Waals surface area (Å²) in [5, 5.41) is 12.0. The van der Waals surface area contributed by atoms with Gasteiger partial charge in [0.2, 0.25) is 0 Å². The van der Waals surface area contributed by atoms with Crippen molar-refractivity contribution in [3.8, 4) is 11.5 Å². The van der Waals surface area contributed by atoms with Gasteiger partial charge in [-0.25, -0.2) is 0 Å². The van der Waals surface area contributed by atoms with E-state index in [4.69, 9.17) is 15.7 Å². The second kappa shape index (κ2) is 6.31. The van der Waals surface area contributed by atoms with E-state index < -0.39 is 0 Å². The minimum Gasteiger partial charge on any atom is -0.456 e. The minimum absolute atomic E-state index is 0.0377. The number of ether oxygens (including phenoxy) is 1. The number of amidine groups is 1. The zero-order valence-corrected chi connectivity index (χ0v) is 12.5. The predicted molar refractivity (Wildman–Crippen MR) is 84.3 cm³/mol. The molecule has 2 rings (SSSR count). The normalized spacial score (nSPS) is 11.7. The first-order valence-electron chi connectivity index (χ1n) is 6.89. The molecule has 0 aliphatic rings. The average molecular weight is 284 g/mol. The number of hydrogen-bond donors (Lipinski definition) is 2. The lowest BCUT2D eigenvalue weighted by Gasteiger charge is -2.17. The molecule has 0 aromatic heterocycles. The van der Waals surface area contributed by atoms with Gasteiger partial charge in [0.25, 0.3) is 0 Å². The Kier molecular flexibility index (Phi) is 4.48. The molecular formula is C17H20N2O2. The van der Waals surface area contributed by atoms with Crippen molar-refractivity contribution >= 4 is 5.84 Å². The summed E-state index contributed by atoms with van der Waals surface area (Å²) in [6.45, 7) is 6.16. The van der Waals surface area contributed by atoms with Crippen molar-refractivity contribution in [3.05, 3.63) is 59.2 Å². The smallest absolute Gasteiger partial charge is 0.173 e. The molecule has 0 radical (unpaired) electrons. The van der Waals surface area contributed by atoms with Crippen LogP contribution in [0, 0.1) is 6.92 Å². The Bertz CT molecular complexity index is 664. The third-order valence-electron chi connectivity index (χ3n) is 3.35. The summed E-state index contributed by atoms with van der Waals surface area (Å²) >= 11 is 0. The van der Waals surface area contributed by atoms with E-state index in [1.165, 1.54) is 0 Å². The van der Waals surface area contributed by atoms with Crippen LogP contribution in [0.3, 0.4) is 0 Å². The quantitative estimate of drug-likeness (QED) is 0.386. The summed E-state index contributed by atoms with van der Waals surface area (Å²) in [6, 6.07) is 13.5. The van der Waals surface area contributed by atoms with Crippen molar-refractivity contribution in [2.75, 3.05) is 0 Å². The fraction of sp³-hybridized carbons (Fsp3) is 0.235. The monoisotopic (exact) mass is 284 g/mol. The Morgan fingerprint density at radius 3 is 2.52 bits per heavy atom. The molecule has 0 aliphatic heterocycles. The molecule has 2 aromatic rings. The van der Waals surface area contributed by atoms with Gasteiger partial charge in [-0.05, 0) is 36.1 Å². The van der Waals surface area contributed by atoms with E-state index in [0.717, 1.165) is 16.9 Å². The third-order valence-corrected chi connectivity index (χ3v) is 3.35. The van der Waals surface area contributed by atoms with E-state index in [1.54, 1.807) is 6.07 Å². The van der Waals surface area contributed by atoms with Crippen LogP contribution in [0.25, 0.3) is 0 Å². The highest BCUT2D eigenvalue weighted by atomic mass is 16.5. The molecule has 0 unspecified atom stereocenters. The lowest BCUT2D eigenvalue weighted by Crippen LogP contribution is -2.14. The number of hydrogen-bond acceptors (Lipinski definition) is 3. The second-order valence-corrected chi connectivity index (χ2v) is 5.23. The molecular weight excluding hydrogens is 264 g/mol. The molecule has 0 aliphatic carbocycles. The molecule has 4 nitrogen and oxygen atoms in total. The van der Waals surface area contributed by atoms with Crippen molar-refractivity contribution in [1.82, 2.24) is 0 Å². The second-order valence-electron chi connectivity index (χ2n) is 5.23. The first kappa shape index (κ1) is 14.9. The van der Waals surface area contributed by atoms with E-state index >= 15 is 0 Å². The van der Waals surface area contributed by atoms with Crippen LogP contribution in [-0.4, -0.2) is 11.0 Å². The maximum Gasteiger partial charge on any atom is 0.173 e. The zero-order valence-electron chi connectivity index (χ0n) is 12.5. The number of nitrogens with two attached hydrogens (primary N) is 1. The summed E-state index contributed by atoms with van der Waals surface area (Å²) in [7, 11) is 0. The van der Waals surface area contributed by atoms with Gasteiger partial charge >= 0.3 is 0 Å². The van der Waals surface area contributed by atoms with Gasteiger partial charge in [-0.3, -0.25) is 0 Å². The Hall–Kier alpha value is -2.49. The lowest BCUT2D eigenvalue weighted by atomic mass is 10.0. The largest absolute Gasteiger partial charge is 0.456 e. The Labute approximate surface area is 124 Å². The molecule has 0 atom stereocenters. The molecule has 110 valence electrons. The molecule has 0 saturated carbocycles. The number of oxime groups is 1. The summed E-state index contributed by atoms with van der Waals surface area (Å²) in [5.74, 6) is 1.78. The molecule has 3 N–H and O–H groups in total. The van der Waals surface area contributed by atoms with Crippen molar-refractivity contribution in [3.63, 3.8) is 0 Å². The summed E-state index contributed by atoms with van der Waals surface area (Å²) in [6.07, 6.45) is 0. The van der Waals surface area contributed by atoms with E-state index in [0.29, 0.717) is 17.2 Å². The number of aryl methyl sites for hydroxylation is 1. The first-order valence-corrected chi connectivity index (χ1v) is 6.89. The van der Waals surface area contributed by atoms with Gasteiger partial charge < -0.3 is 15.7 Å². The highest BCUT2D eigenvalue weighted by molar-refractivity contribution is 6.00. The van der Waals surface area contributed by atoms with Gasteiger partial charge in [0.05, 0.1) is 5.56 Å². The average Bonchev–Trinajstić information content (AvgIpc) is 2.48. The molecule has 4 heteroatoms. The van der Waals surface area contributed by atoms with E-state index in [-0.39, 0.29) is 5.84 Å². The number of rotatable bonds is 4. The van der Waals surface area contributed by atoms with Gasteiger partial charge in [0.15, 0.2) is 5.84 Å². The first-order chi connectivity index (χ1) is 10.0. The van der Waals surface area contributed by atoms with Gasteiger partial charge in [-0.1, -0.05) is 49.3 Å². The van der Waals surface area contributed by atoms with E-state index in [9.17, 15) is 0 Å². The molecule has 0 spiro atoms. The zero-order chi connectivity index (χ0) is 15.4. The molecule has 0 bridgehead atoms. The van der Waals surface area contributed by atoms with Crippen LogP contribution in [0.2, 0.25) is 0 Å².